The third-order valence-corrected chi connectivity index (χ3v) is 3.20. The molecule has 0 saturated heterocycles. The van der Waals surface area contributed by atoms with Crippen LogP contribution in [0.25, 0.3) is 0 Å². The van der Waals surface area contributed by atoms with Gasteiger partial charge < -0.3 is 15.7 Å². The molecule has 0 aliphatic heterocycles. The molecule has 3 nitrogen and oxygen atoms in total. The number of nitrogens with one attached hydrogen (secondary N) is 2. The van der Waals surface area contributed by atoms with E-state index in [1.165, 1.54) is 19.3 Å². The van der Waals surface area contributed by atoms with Gasteiger partial charge in [0.25, 0.3) is 0 Å². The van der Waals surface area contributed by atoms with E-state index in [0.717, 1.165) is 18.0 Å². The zero-order valence-corrected chi connectivity index (χ0v) is 8.49. The minimum atomic E-state index is -0.0756. The third-order valence-electron chi connectivity index (χ3n) is 2.98. The van der Waals surface area contributed by atoms with Crippen molar-refractivity contribution in [2.45, 2.75) is 43.7 Å². The Labute approximate surface area is 83.9 Å². The Balaban J connectivity index is 1.71. The number of hydrogen-bond donors (Lipinski definition) is 3. The molecule has 0 bridgehead atoms. The van der Waals surface area contributed by atoms with Gasteiger partial charge in [0.1, 0.15) is 0 Å². The van der Waals surface area contributed by atoms with E-state index in [9.17, 15) is 0 Å². The Bertz CT molecular complexity index is 212. The molecule has 0 aromatic carbocycles. The van der Waals surface area contributed by atoms with Crippen LogP contribution in [-0.4, -0.2) is 28.4 Å². The van der Waals surface area contributed by atoms with Crippen molar-refractivity contribution in [2.24, 2.45) is 0 Å². The normalized spacial score (nSPS) is 24.7. The fraction of sp³-hybridized carbons (Fsp3) is 0.889. The highest BCUT2D eigenvalue weighted by atomic mass is 32.1. The summed E-state index contributed by atoms with van der Waals surface area (Å²) >= 11 is 5.15. The highest BCUT2D eigenvalue weighted by Crippen LogP contribution is 2.34. The standard InChI is InChI=1S/C9H16N2OS/c12-6-9(4-5-9)11-8(13)10-7-2-1-3-7/h7,12H,1-6H2,(H2,10,11,13). The molecule has 2 aliphatic carbocycles. The quantitative estimate of drug-likeness (QED) is 0.581. The first-order chi connectivity index (χ1) is 6.24. The van der Waals surface area contributed by atoms with Gasteiger partial charge in [0.05, 0.1) is 12.1 Å². The molecular weight excluding hydrogens is 184 g/mol. The van der Waals surface area contributed by atoms with Gasteiger partial charge >= 0.3 is 0 Å². The fourth-order valence-electron chi connectivity index (χ4n) is 1.49. The summed E-state index contributed by atoms with van der Waals surface area (Å²) < 4.78 is 0. The molecule has 0 heterocycles. The number of thiocarbonyl (C=S) groups is 1. The van der Waals surface area contributed by atoms with Crippen LogP contribution >= 0.6 is 12.2 Å². The first-order valence-electron chi connectivity index (χ1n) is 4.94. The second-order valence-corrected chi connectivity index (χ2v) is 4.57. The van der Waals surface area contributed by atoms with E-state index in [2.05, 4.69) is 10.6 Å². The molecule has 2 aliphatic rings. The summed E-state index contributed by atoms with van der Waals surface area (Å²) in [5, 5.41) is 16.2. The van der Waals surface area contributed by atoms with E-state index in [1.807, 2.05) is 0 Å². The fourth-order valence-corrected chi connectivity index (χ4v) is 1.87. The molecule has 0 radical (unpaired) electrons. The topological polar surface area (TPSA) is 44.3 Å². The number of hydrogen-bond acceptors (Lipinski definition) is 2. The molecule has 2 fully saturated rings. The van der Waals surface area contributed by atoms with Crippen LogP contribution in [0.1, 0.15) is 32.1 Å². The molecule has 74 valence electrons. The SMILES string of the molecule is OCC1(NC(=S)NC2CCC2)CC1. The largest absolute Gasteiger partial charge is 0.394 e. The molecule has 0 amide bonds. The van der Waals surface area contributed by atoms with Crippen LogP contribution in [0.5, 0.6) is 0 Å². The molecule has 4 heteroatoms. The molecule has 0 aromatic heterocycles. The van der Waals surface area contributed by atoms with Gasteiger partial charge in [-0.15, -0.1) is 0 Å². The highest BCUT2D eigenvalue weighted by Gasteiger charge is 2.42. The maximum absolute atomic E-state index is 9.06. The van der Waals surface area contributed by atoms with Crippen LogP contribution in [0.2, 0.25) is 0 Å². The van der Waals surface area contributed by atoms with Crippen molar-refractivity contribution in [1.29, 1.82) is 0 Å². The summed E-state index contributed by atoms with van der Waals surface area (Å²) in [7, 11) is 0. The van der Waals surface area contributed by atoms with Crippen LogP contribution < -0.4 is 10.6 Å². The summed E-state index contributed by atoms with van der Waals surface area (Å²) in [4.78, 5) is 0. The Morgan fingerprint density at radius 2 is 2.15 bits per heavy atom. The Morgan fingerprint density at radius 1 is 1.46 bits per heavy atom. The van der Waals surface area contributed by atoms with Gasteiger partial charge in [-0.25, -0.2) is 0 Å². The van der Waals surface area contributed by atoms with Gasteiger partial charge in [0, 0.05) is 6.04 Å². The number of aliphatic hydroxyl groups is 1. The van der Waals surface area contributed by atoms with Crippen molar-refractivity contribution >= 4 is 17.3 Å². The minimum Gasteiger partial charge on any atom is -0.394 e. The van der Waals surface area contributed by atoms with E-state index in [1.54, 1.807) is 0 Å². The molecule has 3 N–H and O–H groups in total. The predicted molar refractivity (Wildman–Crippen MR) is 55.6 cm³/mol. The average Bonchev–Trinajstić information content (AvgIpc) is 2.78. The zero-order valence-electron chi connectivity index (χ0n) is 7.68. The Morgan fingerprint density at radius 3 is 2.54 bits per heavy atom. The second kappa shape index (κ2) is 3.42. The molecule has 0 atom stereocenters. The Hall–Kier alpha value is -0.350. The first kappa shape index (κ1) is 9.21. The van der Waals surface area contributed by atoms with Crippen LogP contribution in [0, 0.1) is 0 Å². The van der Waals surface area contributed by atoms with Gasteiger partial charge in [-0.2, -0.15) is 0 Å². The molecule has 0 aromatic rings. The van der Waals surface area contributed by atoms with Crippen LogP contribution in [0.3, 0.4) is 0 Å². The van der Waals surface area contributed by atoms with Crippen molar-refractivity contribution in [3.05, 3.63) is 0 Å². The molecule has 2 saturated carbocycles. The first-order valence-corrected chi connectivity index (χ1v) is 5.34. The van der Waals surface area contributed by atoms with Gasteiger partial charge in [0.15, 0.2) is 5.11 Å². The van der Waals surface area contributed by atoms with Gasteiger partial charge in [-0.05, 0) is 44.3 Å². The average molecular weight is 200 g/mol. The smallest absolute Gasteiger partial charge is 0.167 e. The lowest BCUT2D eigenvalue weighted by molar-refractivity contribution is 0.244. The Kier molecular flexibility index (Phi) is 2.43. The summed E-state index contributed by atoms with van der Waals surface area (Å²) in [6.07, 6.45) is 5.85. The van der Waals surface area contributed by atoms with Crippen molar-refractivity contribution < 1.29 is 5.11 Å². The minimum absolute atomic E-state index is 0.0756. The lowest BCUT2D eigenvalue weighted by atomic mass is 9.93. The van der Waals surface area contributed by atoms with Gasteiger partial charge in [-0.1, -0.05) is 0 Å². The molecule has 2 rings (SSSR count). The third kappa shape index (κ3) is 2.11. The van der Waals surface area contributed by atoms with Crippen molar-refractivity contribution in [3.63, 3.8) is 0 Å². The predicted octanol–water partition coefficient (Wildman–Crippen LogP) is 0.528. The summed E-state index contributed by atoms with van der Waals surface area (Å²) in [6.45, 7) is 0.194. The maximum Gasteiger partial charge on any atom is 0.167 e. The maximum atomic E-state index is 9.06. The number of rotatable bonds is 3. The van der Waals surface area contributed by atoms with Crippen molar-refractivity contribution in [3.8, 4) is 0 Å². The lowest BCUT2D eigenvalue weighted by Gasteiger charge is -2.29. The van der Waals surface area contributed by atoms with Gasteiger partial charge in [0.2, 0.25) is 0 Å². The highest BCUT2D eigenvalue weighted by molar-refractivity contribution is 7.80. The molecule has 0 spiro atoms. The summed E-state index contributed by atoms with van der Waals surface area (Å²) in [6, 6.07) is 0.578. The van der Waals surface area contributed by atoms with Crippen molar-refractivity contribution in [2.75, 3.05) is 6.61 Å². The molecular formula is C9H16N2OS. The van der Waals surface area contributed by atoms with E-state index in [-0.39, 0.29) is 12.1 Å². The van der Waals surface area contributed by atoms with Crippen LogP contribution in [-0.2, 0) is 0 Å². The van der Waals surface area contributed by atoms with E-state index in [0.29, 0.717) is 6.04 Å². The monoisotopic (exact) mass is 200 g/mol. The van der Waals surface area contributed by atoms with E-state index >= 15 is 0 Å². The van der Waals surface area contributed by atoms with Gasteiger partial charge in [-0.3, -0.25) is 0 Å². The zero-order chi connectivity index (χ0) is 9.31. The lowest BCUT2D eigenvalue weighted by Crippen LogP contribution is -2.50. The van der Waals surface area contributed by atoms with E-state index in [4.69, 9.17) is 17.3 Å². The second-order valence-electron chi connectivity index (χ2n) is 4.16. The van der Waals surface area contributed by atoms with Crippen molar-refractivity contribution in [1.82, 2.24) is 10.6 Å². The molecule has 13 heavy (non-hydrogen) atoms. The number of aliphatic hydroxyl groups excluding tert-OH is 1. The van der Waals surface area contributed by atoms with E-state index < -0.39 is 0 Å². The van der Waals surface area contributed by atoms with Crippen LogP contribution in [0.4, 0.5) is 0 Å². The van der Waals surface area contributed by atoms with Crippen LogP contribution in [0.15, 0.2) is 0 Å². The summed E-state index contributed by atoms with van der Waals surface area (Å²) in [5.74, 6) is 0. The summed E-state index contributed by atoms with van der Waals surface area (Å²) in [5.41, 5.74) is -0.0756. The molecule has 0 unspecified atom stereocenters.